The van der Waals surface area contributed by atoms with Crippen LogP contribution >= 0.6 is 23.2 Å². The molecule has 13 nitrogen and oxygen atoms in total. The molecule has 2 saturated heterocycles. The SMILES string of the molecule is CC(C)(C)OC(=O)N1CCN(Cc2cccc(Cl)c2C(=O)O)CC1.CC(C)(C)OC(=O)N1CCNCC1.COC(=O)c1c(Cl)cccc1C=O. The molecule has 2 heterocycles. The highest BCUT2D eigenvalue weighted by atomic mass is 35.5. The summed E-state index contributed by atoms with van der Waals surface area (Å²) in [7, 11) is 1.24. The summed E-state index contributed by atoms with van der Waals surface area (Å²) in [4.78, 5) is 62.1. The number of nitrogens with zero attached hydrogens (tertiary/aromatic N) is 3. The Kier molecular flexibility index (Phi) is 16.5. The van der Waals surface area contributed by atoms with Gasteiger partial charge in [0.15, 0.2) is 6.29 Å². The van der Waals surface area contributed by atoms with Gasteiger partial charge in [-0.3, -0.25) is 9.69 Å². The number of carbonyl (C=O) groups excluding carboxylic acids is 4. The van der Waals surface area contributed by atoms with Crippen LogP contribution in [0.3, 0.4) is 0 Å². The standard InChI is InChI=1S/C17H23ClN2O4.C9H7ClO3.C9H18N2O2/c1-17(2,3)24-16(23)20-9-7-19(8-10-20)11-12-5-4-6-13(18)14(12)15(21)22;1-13-9(12)8-6(5-11)3-2-4-7(8)10;1-9(2,3)13-8(12)11-6-4-10-5-7-11/h4-6H,7-11H2,1-3H3,(H,21,22);2-5H,1H3;10H,4-7H2,1-3H3. The van der Waals surface area contributed by atoms with Gasteiger partial charge in [0.2, 0.25) is 0 Å². The van der Waals surface area contributed by atoms with Gasteiger partial charge in [0, 0.05) is 64.5 Å². The van der Waals surface area contributed by atoms with Crippen LogP contribution in [-0.2, 0) is 20.8 Å². The molecule has 2 aromatic carbocycles. The Morgan fingerprint density at radius 1 is 0.780 bits per heavy atom. The molecule has 50 heavy (non-hydrogen) atoms. The average Bonchev–Trinajstić information content (AvgIpc) is 3.04. The zero-order valence-electron chi connectivity index (χ0n) is 29.7. The molecule has 2 aromatic rings. The molecule has 0 spiro atoms. The van der Waals surface area contributed by atoms with Gasteiger partial charge in [-0.2, -0.15) is 0 Å². The minimum Gasteiger partial charge on any atom is -0.478 e. The minimum absolute atomic E-state index is 0.113. The Hall–Kier alpha value is -3.91. The molecule has 276 valence electrons. The Balaban J connectivity index is 0.000000283. The Morgan fingerprint density at radius 2 is 1.26 bits per heavy atom. The third-order valence-electron chi connectivity index (χ3n) is 7.06. The van der Waals surface area contributed by atoms with Crippen molar-refractivity contribution in [3.8, 4) is 0 Å². The van der Waals surface area contributed by atoms with E-state index in [0.29, 0.717) is 44.6 Å². The number of aromatic carboxylic acids is 1. The van der Waals surface area contributed by atoms with Gasteiger partial charge >= 0.3 is 24.1 Å². The van der Waals surface area contributed by atoms with Crippen LogP contribution in [0.4, 0.5) is 9.59 Å². The quantitative estimate of drug-likeness (QED) is 0.215. The lowest BCUT2D eigenvalue weighted by Gasteiger charge is -2.35. The number of carboxylic acid groups (broad SMARTS) is 1. The van der Waals surface area contributed by atoms with E-state index in [9.17, 15) is 29.1 Å². The van der Waals surface area contributed by atoms with Gasteiger partial charge in [-0.25, -0.2) is 19.2 Å². The number of esters is 1. The molecular formula is C35H48Cl2N4O9. The number of aldehydes is 1. The highest BCUT2D eigenvalue weighted by Crippen LogP contribution is 2.23. The van der Waals surface area contributed by atoms with E-state index in [4.69, 9.17) is 32.7 Å². The van der Waals surface area contributed by atoms with Gasteiger partial charge in [0.1, 0.15) is 11.2 Å². The van der Waals surface area contributed by atoms with Crippen molar-refractivity contribution < 1.29 is 43.3 Å². The molecule has 0 radical (unpaired) electrons. The first-order valence-electron chi connectivity index (χ1n) is 16.1. The molecule has 2 amide bonds. The first-order valence-corrected chi connectivity index (χ1v) is 16.8. The van der Waals surface area contributed by atoms with E-state index < -0.39 is 17.5 Å². The van der Waals surface area contributed by atoms with E-state index in [1.165, 1.54) is 19.2 Å². The number of rotatable bonds is 5. The monoisotopic (exact) mass is 738 g/mol. The number of ether oxygens (including phenoxy) is 3. The molecule has 0 aliphatic carbocycles. The summed E-state index contributed by atoms with van der Waals surface area (Å²) in [5.74, 6) is -1.63. The van der Waals surface area contributed by atoms with Crippen LogP contribution in [0.5, 0.6) is 0 Å². The molecule has 15 heteroatoms. The highest BCUT2D eigenvalue weighted by molar-refractivity contribution is 6.34. The van der Waals surface area contributed by atoms with Gasteiger partial charge in [-0.05, 0) is 59.2 Å². The second-order valence-corrected chi connectivity index (χ2v) is 14.2. The lowest BCUT2D eigenvalue weighted by atomic mass is 10.1. The first-order chi connectivity index (χ1) is 23.4. The van der Waals surface area contributed by atoms with Crippen molar-refractivity contribution in [1.29, 1.82) is 0 Å². The van der Waals surface area contributed by atoms with E-state index in [1.807, 2.05) is 41.5 Å². The summed E-state index contributed by atoms with van der Waals surface area (Å²) in [6.45, 7) is 17.3. The Bertz CT molecular complexity index is 1480. The zero-order valence-corrected chi connectivity index (χ0v) is 31.2. The number of amides is 2. The van der Waals surface area contributed by atoms with Crippen LogP contribution < -0.4 is 5.32 Å². The molecular weight excluding hydrogens is 691 g/mol. The van der Waals surface area contributed by atoms with Gasteiger partial charge in [0.05, 0.1) is 28.3 Å². The van der Waals surface area contributed by atoms with Crippen LogP contribution in [-0.4, -0.2) is 121 Å². The fraction of sp³-hybridized carbons (Fsp3) is 0.514. The maximum absolute atomic E-state index is 12.1. The van der Waals surface area contributed by atoms with E-state index in [-0.39, 0.29) is 44.5 Å². The summed E-state index contributed by atoms with van der Waals surface area (Å²) in [5.41, 5.74) is 0.281. The topological polar surface area (TPSA) is 155 Å². The fourth-order valence-electron chi connectivity index (χ4n) is 4.73. The maximum atomic E-state index is 12.1. The second kappa shape index (κ2) is 19.5. The third kappa shape index (κ3) is 14.1. The smallest absolute Gasteiger partial charge is 0.410 e. The Labute approximate surface area is 303 Å². The summed E-state index contributed by atoms with van der Waals surface area (Å²) < 4.78 is 15.1. The number of hydrogen-bond donors (Lipinski definition) is 2. The van der Waals surface area contributed by atoms with Gasteiger partial charge in [-0.1, -0.05) is 47.5 Å². The molecule has 4 rings (SSSR count). The summed E-state index contributed by atoms with van der Waals surface area (Å²) in [6, 6.07) is 9.73. The molecule has 0 saturated carbocycles. The number of hydrogen-bond acceptors (Lipinski definition) is 10. The predicted octanol–water partition coefficient (Wildman–Crippen LogP) is 5.86. The molecule has 2 aliphatic rings. The van der Waals surface area contributed by atoms with Crippen LogP contribution in [0.2, 0.25) is 10.0 Å². The van der Waals surface area contributed by atoms with Crippen molar-refractivity contribution in [1.82, 2.24) is 20.0 Å². The number of benzene rings is 2. The minimum atomic E-state index is -1.03. The fourth-order valence-corrected chi connectivity index (χ4v) is 5.26. The van der Waals surface area contributed by atoms with Gasteiger partial charge in [0.25, 0.3) is 0 Å². The van der Waals surface area contributed by atoms with E-state index >= 15 is 0 Å². The molecule has 0 aromatic heterocycles. The van der Waals surface area contributed by atoms with E-state index in [1.54, 1.807) is 34.1 Å². The average molecular weight is 740 g/mol. The van der Waals surface area contributed by atoms with Crippen molar-refractivity contribution >= 4 is 53.6 Å². The largest absolute Gasteiger partial charge is 0.478 e. The number of piperazine rings is 2. The normalized spacial score (nSPS) is 15.0. The van der Waals surface area contributed by atoms with E-state index in [0.717, 1.165) is 26.2 Å². The number of carboxylic acids is 1. The van der Waals surface area contributed by atoms with E-state index in [2.05, 4.69) is 15.0 Å². The van der Waals surface area contributed by atoms with Crippen molar-refractivity contribution in [2.24, 2.45) is 0 Å². The molecule has 0 unspecified atom stereocenters. The van der Waals surface area contributed by atoms with Crippen LogP contribution in [0.15, 0.2) is 36.4 Å². The number of methoxy groups -OCH3 is 1. The molecule has 2 N–H and O–H groups in total. The Morgan fingerprint density at radius 3 is 1.72 bits per heavy atom. The lowest BCUT2D eigenvalue weighted by molar-refractivity contribution is 0.0137. The number of nitrogens with one attached hydrogen (secondary N) is 1. The number of halogens is 2. The van der Waals surface area contributed by atoms with Crippen molar-refractivity contribution in [3.63, 3.8) is 0 Å². The third-order valence-corrected chi connectivity index (χ3v) is 7.69. The van der Waals surface area contributed by atoms with Crippen molar-refractivity contribution in [2.75, 3.05) is 59.5 Å². The summed E-state index contributed by atoms with van der Waals surface area (Å²) in [6.07, 6.45) is 0.0585. The molecule has 2 aliphatic heterocycles. The first kappa shape index (κ1) is 42.3. The van der Waals surface area contributed by atoms with Gasteiger partial charge in [-0.15, -0.1) is 0 Å². The predicted molar refractivity (Wildman–Crippen MR) is 190 cm³/mol. The molecule has 2 fully saturated rings. The second-order valence-electron chi connectivity index (χ2n) is 13.4. The van der Waals surface area contributed by atoms with Crippen LogP contribution in [0, 0.1) is 0 Å². The lowest BCUT2D eigenvalue weighted by Crippen LogP contribution is -2.49. The van der Waals surface area contributed by atoms with Crippen LogP contribution in [0.25, 0.3) is 0 Å². The molecule has 0 atom stereocenters. The summed E-state index contributed by atoms with van der Waals surface area (Å²) in [5, 5.41) is 13.0. The maximum Gasteiger partial charge on any atom is 0.410 e. The zero-order chi connectivity index (χ0) is 37.6. The highest BCUT2D eigenvalue weighted by Gasteiger charge is 2.27. The number of carbonyl (C=O) groups is 5. The van der Waals surface area contributed by atoms with Crippen molar-refractivity contribution in [3.05, 3.63) is 68.7 Å². The summed E-state index contributed by atoms with van der Waals surface area (Å²) >= 11 is 11.7. The molecule has 0 bridgehead atoms. The van der Waals surface area contributed by atoms with Gasteiger partial charge < -0.3 is 34.4 Å². The van der Waals surface area contributed by atoms with Crippen LogP contribution in [0.1, 0.15) is 78.2 Å². The van der Waals surface area contributed by atoms with Crippen molar-refractivity contribution in [2.45, 2.75) is 59.3 Å².